The molecule has 5 nitrogen and oxygen atoms in total. The Hall–Kier alpha value is -1.44. The summed E-state index contributed by atoms with van der Waals surface area (Å²) in [6.07, 6.45) is 0.663. The Morgan fingerprint density at radius 2 is 2.00 bits per heavy atom. The minimum Gasteiger partial charge on any atom is -0.375 e. The van der Waals surface area contributed by atoms with Gasteiger partial charge in [-0.1, -0.05) is 48.6 Å². The number of hydrogen-bond acceptors (Lipinski definition) is 5. The molecule has 2 rings (SSSR count). The number of aryl methyl sites for hydroxylation is 1. The van der Waals surface area contributed by atoms with Crippen LogP contribution in [0.1, 0.15) is 30.6 Å². The maximum atomic E-state index is 12.4. The van der Waals surface area contributed by atoms with Crippen molar-refractivity contribution in [1.82, 2.24) is 9.71 Å². The fourth-order valence-electron chi connectivity index (χ4n) is 1.97. The van der Waals surface area contributed by atoms with Crippen molar-refractivity contribution < 1.29 is 8.42 Å². The van der Waals surface area contributed by atoms with Crippen molar-refractivity contribution in [3.8, 4) is 0 Å². The first kappa shape index (κ1) is 15.0. The van der Waals surface area contributed by atoms with Crippen molar-refractivity contribution in [2.45, 2.75) is 30.5 Å². The lowest BCUT2D eigenvalue weighted by Gasteiger charge is -2.17. The van der Waals surface area contributed by atoms with Crippen LogP contribution in [-0.2, 0) is 10.0 Å². The second-order valence-electron chi connectivity index (χ2n) is 4.42. The second kappa shape index (κ2) is 5.90. The molecule has 0 aliphatic rings. The van der Waals surface area contributed by atoms with E-state index in [1.807, 2.05) is 37.3 Å². The molecule has 1 aromatic heterocycles. The first-order valence-corrected chi connectivity index (χ1v) is 8.54. The summed E-state index contributed by atoms with van der Waals surface area (Å²) >= 11 is 0.985. The van der Waals surface area contributed by atoms with Gasteiger partial charge in [0.1, 0.15) is 0 Å². The molecule has 0 saturated heterocycles. The third-order valence-corrected chi connectivity index (χ3v) is 5.99. The lowest BCUT2D eigenvalue weighted by Crippen LogP contribution is -2.28. The van der Waals surface area contributed by atoms with Crippen LogP contribution in [-0.4, -0.2) is 13.4 Å². The number of rotatable bonds is 5. The van der Waals surface area contributed by atoms with Gasteiger partial charge in [0.05, 0.1) is 5.69 Å². The Labute approximate surface area is 122 Å². The first-order valence-electron chi connectivity index (χ1n) is 6.24. The molecule has 0 spiro atoms. The quantitative estimate of drug-likeness (QED) is 0.888. The van der Waals surface area contributed by atoms with Gasteiger partial charge in [-0.15, -0.1) is 0 Å². The average Bonchev–Trinajstić information content (AvgIpc) is 2.77. The molecule has 108 valence electrons. The molecule has 0 aliphatic heterocycles. The molecule has 0 bridgehead atoms. The van der Waals surface area contributed by atoms with Crippen LogP contribution >= 0.6 is 11.3 Å². The summed E-state index contributed by atoms with van der Waals surface area (Å²) in [5, 5.41) is 0.260. The summed E-state index contributed by atoms with van der Waals surface area (Å²) in [7, 11) is -3.60. The third kappa shape index (κ3) is 3.17. The number of aromatic nitrogens is 1. The molecule has 2 aromatic rings. The van der Waals surface area contributed by atoms with Crippen LogP contribution in [0.3, 0.4) is 0 Å². The van der Waals surface area contributed by atoms with E-state index >= 15 is 0 Å². The van der Waals surface area contributed by atoms with Crippen LogP contribution in [0, 0.1) is 6.92 Å². The van der Waals surface area contributed by atoms with Crippen LogP contribution in [0.2, 0.25) is 0 Å². The zero-order valence-electron chi connectivity index (χ0n) is 11.3. The van der Waals surface area contributed by atoms with E-state index in [4.69, 9.17) is 5.73 Å². The zero-order chi connectivity index (χ0) is 14.8. The van der Waals surface area contributed by atoms with Crippen LogP contribution in [0.15, 0.2) is 34.5 Å². The van der Waals surface area contributed by atoms with Gasteiger partial charge in [-0.25, -0.2) is 18.1 Å². The molecule has 0 fully saturated rings. The highest BCUT2D eigenvalue weighted by molar-refractivity contribution is 7.91. The van der Waals surface area contributed by atoms with Crippen LogP contribution in [0.4, 0.5) is 5.13 Å². The van der Waals surface area contributed by atoms with E-state index < -0.39 is 10.0 Å². The summed E-state index contributed by atoms with van der Waals surface area (Å²) in [5.74, 6) is 0. The molecule has 0 radical (unpaired) electrons. The molecule has 0 aliphatic carbocycles. The molecule has 7 heteroatoms. The summed E-state index contributed by atoms with van der Waals surface area (Å²) in [5.41, 5.74) is 6.94. The lowest BCUT2D eigenvalue weighted by atomic mass is 10.1. The lowest BCUT2D eigenvalue weighted by molar-refractivity contribution is 0.551. The Morgan fingerprint density at radius 1 is 1.35 bits per heavy atom. The summed E-state index contributed by atoms with van der Waals surface area (Å²) in [6, 6.07) is 9.24. The standard InChI is InChI=1S/C13H17N3O2S2/c1-3-11(10-7-5-4-6-8-10)16-20(17,18)12-9(2)15-13(14)19-12/h4-8,11,16H,3H2,1-2H3,(H2,14,15). The molecule has 1 atom stereocenters. The van der Waals surface area contributed by atoms with E-state index in [9.17, 15) is 8.42 Å². The molecule has 3 N–H and O–H groups in total. The highest BCUT2D eigenvalue weighted by atomic mass is 32.2. The van der Waals surface area contributed by atoms with E-state index in [-0.39, 0.29) is 15.4 Å². The Morgan fingerprint density at radius 3 is 2.50 bits per heavy atom. The molecular weight excluding hydrogens is 294 g/mol. The molecule has 1 unspecified atom stereocenters. The third-order valence-electron chi connectivity index (χ3n) is 2.92. The van der Waals surface area contributed by atoms with Crippen molar-refractivity contribution in [2.24, 2.45) is 0 Å². The van der Waals surface area contributed by atoms with Crippen molar-refractivity contribution >= 4 is 26.5 Å². The topological polar surface area (TPSA) is 85.1 Å². The van der Waals surface area contributed by atoms with Crippen molar-refractivity contribution in [2.75, 3.05) is 5.73 Å². The molecular formula is C13H17N3O2S2. The number of nitrogens with zero attached hydrogens (tertiary/aromatic N) is 1. The van der Waals surface area contributed by atoms with Crippen molar-refractivity contribution in [1.29, 1.82) is 0 Å². The number of thiazole rings is 1. The minimum atomic E-state index is -3.60. The minimum absolute atomic E-state index is 0.185. The SMILES string of the molecule is CCC(NS(=O)(=O)c1sc(N)nc1C)c1ccccc1. The smallest absolute Gasteiger partial charge is 0.252 e. The number of anilines is 1. The van der Waals surface area contributed by atoms with Crippen molar-refractivity contribution in [3.63, 3.8) is 0 Å². The highest BCUT2D eigenvalue weighted by Gasteiger charge is 2.24. The van der Waals surface area contributed by atoms with Gasteiger partial charge in [-0.2, -0.15) is 0 Å². The fourth-order valence-corrected chi connectivity index (χ4v) is 4.59. The molecule has 0 saturated carbocycles. The van der Waals surface area contributed by atoms with Crippen LogP contribution < -0.4 is 10.5 Å². The predicted octanol–water partition coefficient (Wildman–Crippen LogP) is 2.46. The molecule has 1 aromatic carbocycles. The average molecular weight is 311 g/mol. The van der Waals surface area contributed by atoms with Gasteiger partial charge in [-0.3, -0.25) is 0 Å². The van der Waals surface area contributed by atoms with Gasteiger partial charge in [0, 0.05) is 6.04 Å². The monoisotopic (exact) mass is 311 g/mol. The van der Waals surface area contributed by atoms with Crippen LogP contribution in [0.5, 0.6) is 0 Å². The van der Waals surface area contributed by atoms with Gasteiger partial charge in [0.25, 0.3) is 10.0 Å². The number of nitrogens with one attached hydrogen (secondary N) is 1. The number of hydrogen-bond donors (Lipinski definition) is 2. The van der Waals surface area contributed by atoms with E-state index in [1.54, 1.807) is 6.92 Å². The number of sulfonamides is 1. The maximum absolute atomic E-state index is 12.4. The number of nitrogen functional groups attached to an aromatic ring is 1. The Balaban J connectivity index is 2.29. The number of nitrogens with two attached hydrogens (primary N) is 1. The van der Waals surface area contributed by atoms with Gasteiger partial charge < -0.3 is 5.73 Å². The van der Waals surface area contributed by atoms with E-state index in [0.717, 1.165) is 16.9 Å². The van der Waals surface area contributed by atoms with Gasteiger partial charge in [0.2, 0.25) is 0 Å². The normalized spacial score (nSPS) is 13.3. The molecule has 0 amide bonds. The molecule has 1 heterocycles. The highest BCUT2D eigenvalue weighted by Crippen LogP contribution is 2.27. The van der Waals surface area contributed by atoms with Gasteiger partial charge in [0.15, 0.2) is 9.34 Å². The fraction of sp³-hybridized carbons (Fsp3) is 0.308. The maximum Gasteiger partial charge on any atom is 0.252 e. The van der Waals surface area contributed by atoms with E-state index in [1.165, 1.54) is 0 Å². The summed E-state index contributed by atoms with van der Waals surface area (Å²) in [6.45, 7) is 3.58. The van der Waals surface area contributed by atoms with Crippen LogP contribution in [0.25, 0.3) is 0 Å². The first-order chi connectivity index (χ1) is 9.44. The van der Waals surface area contributed by atoms with Crippen molar-refractivity contribution in [3.05, 3.63) is 41.6 Å². The Kier molecular flexibility index (Phi) is 4.42. The van der Waals surface area contributed by atoms with E-state index in [0.29, 0.717) is 12.1 Å². The van der Waals surface area contributed by atoms with E-state index in [2.05, 4.69) is 9.71 Å². The zero-order valence-corrected chi connectivity index (χ0v) is 13.0. The predicted molar refractivity (Wildman–Crippen MR) is 81.1 cm³/mol. The Bertz CT molecular complexity index is 681. The summed E-state index contributed by atoms with van der Waals surface area (Å²) < 4.78 is 27.7. The molecule has 20 heavy (non-hydrogen) atoms. The van der Waals surface area contributed by atoms with Gasteiger partial charge >= 0.3 is 0 Å². The number of benzene rings is 1. The largest absolute Gasteiger partial charge is 0.375 e. The summed E-state index contributed by atoms with van der Waals surface area (Å²) in [4.78, 5) is 3.96. The second-order valence-corrected chi connectivity index (χ2v) is 7.36. The van der Waals surface area contributed by atoms with Gasteiger partial charge in [-0.05, 0) is 18.9 Å².